The molecule has 8 heteroatoms. The molecule has 3 rings (SSSR count). The predicted molar refractivity (Wildman–Crippen MR) is 127 cm³/mol. The number of aliphatic hydroxyl groups excluding tert-OH is 1. The molecule has 0 spiro atoms. The monoisotopic (exact) mass is 480 g/mol. The topological polar surface area (TPSA) is 96.7 Å². The van der Waals surface area contributed by atoms with E-state index < -0.39 is 38.0 Å². The minimum atomic E-state index is -3.01. The van der Waals surface area contributed by atoms with Gasteiger partial charge in [-0.05, 0) is 39.8 Å². The van der Waals surface area contributed by atoms with E-state index in [1.165, 1.54) is 12.1 Å². The van der Waals surface area contributed by atoms with Gasteiger partial charge in [0.05, 0.1) is 17.8 Å². The maximum Gasteiger partial charge on any atom is 0.516 e. The number of aliphatic hydroxyl groups is 1. The lowest BCUT2D eigenvalue weighted by Crippen LogP contribution is -2.23. The van der Waals surface area contributed by atoms with Crippen molar-refractivity contribution in [2.75, 3.05) is 0 Å². The molecular weight excluding hydrogens is 456 g/mol. The van der Waals surface area contributed by atoms with Crippen LogP contribution in [0.4, 0.5) is 4.39 Å². The van der Waals surface area contributed by atoms with Gasteiger partial charge in [-0.15, -0.1) is 0 Å². The summed E-state index contributed by atoms with van der Waals surface area (Å²) in [7, 11) is -3.01. The highest BCUT2D eigenvalue weighted by Crippen LogP contribution is 2.48. The quantitative estimate of drug-likeness (QED) is 0.257. The Morgan fingerprint density at radius 1 is 1.15 bits per heavy atom. The van der Waals surface area contributed by atoms with Gasteiger partial charge in [0, 0.05) is 11.1 Å². The zero-order valence-electron chi connectivity index (χ0n) is 18.7. The molecule has 2 N–H and O–H groups in total. The van der Waals surface area contributed by atoms with E-state index in [0.29, 0.717) is 28.1 Å². The molecular formula is C26H24FNO5P+. The number of carbonyl (C=O) groups excluding carboxylic acids is 1. The SMILES string of the molecule is C#COC(=O)CC(O)C(c1c(-c2ccc(F)cc2)cc(-c2ccccc2)nc1C(C)C)[P+](=O)O. The second-order valence-corrected chi connectivity index (χ2v) is 9.15. The van der Waals surface area contributed by atoms with Crippen molar-refractivity contribution in [1.82, 2.24) is 4.98 Å². The van der Waals surface area contributed by atoms with Gasteiger partial charge >= 0.3 is 14.0 Å². The van der Waals surface area contributed by atoms with Gasteiger partial charge in [0.25, 0.3) is 0 Å². The molecule has 1 heterocycles. The molecule has 0 aliphatic carbocycles. The van der Waals surface area contributed by atoms with Crippen LogP contribution in [0.15, 0.2) is 60.7 Å². The van der Waals surface area contributed by atoms with Crippen molar-refractivity contribution in [1.29, 1.82) is 0 Å². The summed E-state index contributed by atoms with van der Waals surface area (Å²) in [6.07, 6.45) is 4.55. The first-order chi connectivity index (χ1) is 16.2. The Morgan fingerprint density at radius 2 is 1.79 bits per heavy atom. The lowest BCUT2D eigenvalue weighted by molar-refractivity contribution is -0.139. The molecule has 1 aromatic heterocycles. The zero-order chi connectivity index (χ0) is 24.8. The van der Waals surface area contributed by atoms with Crippen molar-refractivity contribution < 1.29 is 28.5 Å². The van der Waals surface area contributed by atoms with Gasteiger partial charge in [-0.2, -0.15) is 4.89 Å². The summed E-state index contributed by atoms with van der Waals surface area (Å²) >= 11 is 0. The van der Waals surface area contributed by atoms with Gasteiger partial charge in [-0.1, -0.05) is 62.7 Å². The number of rotatable bonds is 8. The summed E-state index contributed by atoms with van der Waals surface area (Å²) in [5.41, 5.74) is 1.93. The van der Waals surface area contributed by atoms with Gasteiger partial charge in [0.15, 0.2) is 0 Å². The van der Waals surface area contributed by atoms with E-state index in [4.69, 9.17) is 11.4 Å². The molecule has 3 unspecified atom stereocenters. The fourth-order valence-electron chi connectivity index (χ4n) is 3.79. The molecule has 0 amide bonds. The Hall–Kier alpha value is -3.43. The highest BCUT2D eigenvalue weighted by molar-refractivity contribution is 7.38. The number of hydrogen-bond donors (Lipinski definition) is 2. The van der Waals surface area contributed by atoms with E-state index in [9.17, 15) is 23.7 Å². The summed E-state index contributed by atoms with van der Waals surface area (Å²) in [6, 6.07) is 16.8. The lowest BCUT2D eigenvalue weighted by Gasteiger charge is -2.22. The second-order valence-electron chi connectivity index (χ2n) is 7.99. The number of benzene rings is 2. The fraction of sp³-hybridized carbons (Fsp3) is 0.231. The number of hydrogen-bond acceptors (Lipinski definition) is 5. The molecule has 0 saturated heterocycles. The van der Waals surface area contributed by atoms with Crippen molar-refractivity contribution in [2.24, 2.45) is 0 Å². The van der Waals surface area contributed by atoms with Crippen LogP contribution in [0, 0.1) is 18.3 Å². The highest BCUT2D eigenvalue weighted by atomic mass is 31.1. The number of esters is 1. The molecule has 0 aliphatic rings. The average molecular weight is 480 g/mol. The van der Waals surface area contributed by atoms with Gasteiger partial charge in [-0.25, -0.2) is 4.39 Å². The third-order valence-corrected chi connectivity index (χ3v) is 6.38. The summed E-state index contributed by atoms with van der Waals surface area (Å²) in [5, 5.41) is 10.8. The number of aromatic nitrogens is 1. The summed E-state index contributed by atoms with van der Waals surface area (Å²) in [4.78, 5) is 26.9. The summed E-state index contributed by atoms with van der Waals surface area (Å²) in [6.45, 7) is 3.74. The van der Waals surface area contributed by atoms with E-state index in [2.05, 4.69) is 4.74 Å². The first-order valence-electron chi connectivity index (χ1n) is 10.6. The van der Waals surface area contributed by atoms with Gasteiger partial charge in [0.2, 0.25) is 5.66 Å². The van der Waals surface area contributed by atoms with Gasteiger partial charge < -0.3 is 9.84 Å². The van der Waals surface area contributed by atoms with Crippen LogP contribution < -0.4 is 0 Å². The normalized spacial score (nSPS) is 13.1. The molecule has 34 heavy (non-hydrogen) atoms. The van der Waals surface area contributed by atoms with Crippen molar-refractivity contribution in [3.05, 3.63) is 77.7 Å². The Bertz CT molecular complexity index is 1220. The molecule has 2 aromatic carbocycles. The first kappa shape index (κ1) is 25.2. The molecule has 0 aliphatic heterocycles. The van der Waals surface area contributed by atoms with E-state index >= 15 is 0 Å². The lowest BCUT2D eigenvalue weighted by atomic mass is 9.88. The number of ether oxygens (including phenoxy) is 1. The minimum absolute atomic E-state index is 0.208. The van der Waals surface area contributed by atoms with Crippen molar-refractivity contribution >= 4 is 14.0 Å². The zero-order valence-corrected chi connectivity index (χ0v) is 19.6. The third kappa shape index (κ3) is 5.73. The molecule has 3 atom stereocenters. The van der Waals surface area contributed by atoms with Crippen LogP contribution >= 0.6 is 8.03 Å². The average Bonchev–Trinajstić information content (AvgIpc) is 2.80. The van der Waals surface area contributed by atoms with E-state index in [1.54, 1.807) is 24.3 Å². The molecule has 3 aromatic rings. The second kappa shape index (κ2) is 11.1. The number of terminal acetylenes is 1. The number of carbonyl (C=O) groups is 1. The largest absolute Gasteiger partial charge is 0.516 e. The number of halogens is 1. The third-order valence-electron chi connectivity index (χ3n) is 5.31. The van der Waals surface area contributed by atoms with E-state index in [1.807, 2.05) is 44.2 Å². The van der Waals surface area contributed by atoms with Gasteiger partial charge in [-0.3, -0.25) is 9.78 Å². The molecule has 174 valence electrons. The van der Waals surface area contributed by atoms with Crippen LogP contribution in [-0.2, 0) is 14.1 Å². The number of nitrogens with zero attached hydrogens (tertiary/aromatic N) is 1. The highest BCUT2D eigenvalue weighted by Gasteiger charge is 2.44. The Balaban J connectivity index is 2.30. The molecule has 0 saturated carbocycles. The minimum Gasteiger partial charge on any atom is -0.387 e. The Labute approximate surface area is 198 Å². The predicted octanol–water partition coefficient (Wildman–Crippen LogP) is 5.34. The maximum absolute atomic E-state index is 13.7. The van der Waals surface area contributed by atoms with Crippen LogP contribution in [0.5, 0.6) is 0 Å². The van der Waals surface area contributed by atoms with E-state index in [-0.39, 0.29) is 5.92 Å². The van der Waals surface area contributed by atoms with Gasteiger partial charge in [0.1, 0.15) is 18.0 Å². The van der Waals surface area contributed by atoms with Crippen molar-refractivity contribution in [2.45, 2.75) is 37.9 Å². The van der Waals surface area contributed by atoms with Crippen molar-refractivity contribution in [3.63, 3.8) is 0 Å². The smallest absolute Gasteiger partial charge is 0.387 e. The maximum atomic E-state index is 13.7. The fourth-order valence-corrected chi connectivity index (χ4v) is 4.68. The number of pyridine rings is 1. The Morgan fingerprint density at radius 3 is 2.35 bits per heavy atom. The summed E-state index contributed by atoms with van der Waals surface area (Å²) < 4.78 is 30.7. The van der Waals surface area contributed by atoms with Crippen LogP contribution in [0.1, 0.15) is 43.1 Å². The first-order valence-corrected chi connectivity index (χ1v) is 11.9. The molecule has 6 nitrogen and oxygen atoms in total. The van der Waals surface area contributed by atoms with Crippen LogP contribution in [0.25, 0.3) is 22.4 Å². The van der Waals surface area contributed by atoms with Crippen molar-refractivity contribution in [3.8, 4) is 34.9 Å². The molecule has 0 radical (unpaired) electrons. The molecule has 0 fully saturated rings. The van der Waals surface area contributed by atoms with Crippen LogP contribution in [0.2, 0.25) is 0 Å². The summed E-state index contributed by atoms with van der Waals surface area (Å²) in [5.74, 6) is -1.55. The molecule has 0 bridgehead atoms. The van der Waals surface area contributed by atoms with Crippen LogP contribution in [0.3, 0.4) is 0 Å². The van der Waals surface area contributed by atoms with E-state index in [0.717, 1.165) is 5.56 Å². The standard InChI is InChI=1S/C26H23FNO5P/c1-4-33-23(30)15-22(29)26(34(31)32)24-20(17-10-12-19(27)13-11-17)14-21(28-25(24)16(2)3)18-8-6-5-7-9-18/h1,5-14,16,22,26,29H,15H2,2-3H3/p+1. The Kier molecular flexibility index (Phi) is 8.25. The van der Waals surface area contributed by atoms with Crippen LogP contribution in [-0.4, -0.2) is 27.1 Å².